The van der Waals surface area contributed by atoms with Crippen molar-refractivity contribution in [2.24, 2.45) is 0 Å². The molecule has 1 atom stereocenters. The van der Waals surface area contributed by atoms with Gasteiger partial charge in [-0.2, -0.15) is 0 Å². The molecule has 0 aliphatic rings. The molecule has 0 unspecified atom stereocenters. The summed E-state index contributed by atoms with van der Waals surface area (Å²) in [4.78, 5) is 14.9. The lowest BCUT2D eigenvalue weighted by atomic mass is 10.0. The van der Waals surface area contributed by atoms with Crippen LogP contribution in [0.4, 0.5) is 11.4 Å². The first-order valence-electron chi connectivity index (χ1n) is 7.54. The average Bonchev–Trinajstić information content (AvgIpc) is 2.48. The van der Waals surface area contributed by atoms with Crippen LogP contribution in [0.3, 0.4) is 0 Å². The van der Waals surface area contributed by atoms with Gasteiger partial charge in [-0.25, -0.2) is 4.98 Å². The molecular formula is C17H21N3O4. The first-order chi connectivity index (χ1) is 11.2. The minimum atomic E-state index is -1.04. The van der Waals surface area contributed by atoms with Crippen LogP contribution in [0.15, 0.2) is 36.5 Å². The van der Waals surface area contributed by atoms with E-state index in [9.17, 15) is 15.2 Å². The predicted octanol–water partition coefficient (Wildman–Crippen LogP) is 3.66. The molecule has 0 radical (unpaired) electrons. The van der Waals surface area contributed by atoms with Crippen molar-refractivity contribution >= 4 is 11.4 Å². The lowest BCUT2D eigenvalue weighted by Gasteiger charge is -2.27. The maximum Gasteiger partial charge on any atom is 0.292 e. The lowest BCUT2D eigenvalue weighted by Crippen LogP contribution is -2.39. The van der Waals surface area contributed by atoms with Crippen molar-refractivity contribution in [2.75, 3.05) is 5.32 Å². The van der Waals surface area contributed by atoms with Crippen molar-refractivity contribution in [1.82, 2.24) is 4.98 Å². The Morgan fingerprint density at radius 2 is 2.04 bits per heavy atom. The molecule has 0 aliphatic heterocycles. The second-order valence-corrected chi connectivity index (χ2v) is 6.23. The van der Waals surface area contributed by atoms with Crippen LogP contribution in [0.2, 0.25) is 0 Å². The van der Waals surface area contributed by atoms with E-state index in [1.807, 2.05) is 13.0 Å². The summed E-state index contributed by atoms with van der Waals surface area (Å²) < 4.78 is 5.64. The normalized spacial score (nSPS) is 12.5. The molecule has 7 heteroatoms. The van der Waals surface area contributed by atoms with E-state index in [-0.39, 0.29) is 11.4 Å². The largest absolute Gasteiger partial charge is 0.439 e. The second kappa shape index (κ2) is 6.84. The van der Waals surface area contributed by atoms with Crippen LogP contribution in [-0.4, -0.2) is 26.7 Å². The molecule has 2 N–H and O–H groups in total. The Balaban J connectivity index is 2.30. The number of pyridine rings is 1. The van der Waals surface area contributed by atoms with E-state index in [1.165, 1.54) is 18.2 Å². The summed E-state index contributed by atoms with van der Waals surface area (Å²) >= 11 is 0. The summed E-state index contributed by atoms with van der Waals surface area (Å²) in [5.74, 6) is 0.818. The van der Waals surface area contributed by atoms with Crippen LogP contribution >= 0.6 is 0 Å². The first kappa shape index (κ1) is 17.7. The predicted molar refractivity (Wildman–Crippen MR) is 91.5 cm³/mol. The number of nitro groups is 1. The number of anilines is 1. The fraction of sp³-hybridized carbons (Fsp3) is 0.353. The van der Waals surface area contributed by atoms with E-state index < -0.39 is 16.6 Å². The van der Waals surface area contributed by atoms with Gasteiger partial charge in [0.25, 0.3) is 5.69 Å². The van der Waals surface area contributed by atoms with Crippen molar-refractivity contribution in [3.63, 3.8) is 0 Å². The zero-order chi connectivity index (χ0) is 17.9. The third kappa shape index (κ3) is 4.42. The highest BCUT2D eigenvalue weighted by Crippen LogP contribution is 2.32. The monoisotopic (exact) mass is 331 g/mol. The number of aliphatic hydroxyl groups is 1. The van der Waals surface area contributed by atoms with Gasteiger partial charge < -0.3 is 15.2 Å². The number of aryl methyl sites for hydroxylation is 1. The number of hydrogen-bond acceptors (Lipinski definition) is 6. The smallest absolute Gasteiger partial charge is 0.292 e. The van der Waals surface area contributed by atoms with Gasteiger partial charge in [-0.1, -0.05) is 6.07 Å². The SMILES string of the molecule is Cc1ccc(Oc2ccc([N+](=O)[O-])c(N[C@H](C)C(C)(C)O)c2)nc1. The molecule has 0 amide bonds. The van der Waals surface area contributed by atoms with Gasteiger partial charge in [0.2, 0.25) is 5.88 Å². The molecule has 24 heavy (non-hydrogen) atoms. The van der Waals surface area contributed by atoms with Gasteiger partial charge in [0.15, 0.2) is 0 Å². The molecule has 2 aromatic rings. The van der Waals surface area contributed by atoms with Crippen molar-refractivity contribution < 1.29 is 14.8 Å². The van der Waals surface area contributed by atoms with Crippen molar-refractivity contribution in [1.29, 1.82) is 0 Å². The first-order valence-corrected chi connectivity index (χ1v) is 7.54. The number of benzene rings is 1. The number of nitrogens with zero attached hydrogens (tertiary/aromatic N) is 2. The Hall–Kier alpha value is -2.67. The number of aromatic nitrogens is 1. The fourth-order valence-corrected chi connectivity index (χ4v) is 1.90. The lowest BCUT2D eigenvalue weighted by molar-refractivity contribution is -0.384. The van der Waals surface area contributed by atoms with Gasteiger partial charge in [0.05, 0.1) is 16.6 Å². The zero-order valence-corrected chi connectivity index (χ0v) is 14.1. The highest BCUT2D eigenvalue weighted by molar-refractivity contribution is 5.65. The van der Waals surface area contributed by atoms with Crippen LogP contribution in [0.5, 0.6) is 11.6 Å². The third-order valence-electron chi connectivity index (χ3n) is 3.70. The number of rotatable bonds is 6. The molecule has 0 bridgehead atoms. The molecule has 1 aromatic heterocycles. The van der Waals surface area contributed by atoms with Gasteiger partial charge >= 0.3 is 0 Å². The van der Waals surface area contributed by atoms with Gasteiger partial charge in [0.1, 0.15) is 11.4 Å². The molecule has 0 saturated carbocycles. The number of nitro benzene ring substituents is 1. The van der Waals surface area contributed by atoms with Crippen LogP contribution in [0, 0.1) is 17.0 Å². The molecule has 0 aliphatic carbocycles. The summed E-state index contributed by atoms with van der Waals surface area (Å²) in [7, 11) is 0. The quantitative estimate of drug-likeness (QED) is 0.619. The summed E-state index contributed by atoms with van der Waals surface area (Å²) in [5.41, 5.74) is 0.158. The maximum absolute atomic E-state index is 11.2. The van der Waals surface area contributed by atoms with Gasteiger partial charge in [-0.3, -0.25) is 10.1 Å². The third-order valence-corrected chi connectivity index (χ3v) is 3.70. The highest BCUT2D eigenvalue weighted by Gasteiger charge is 2.25. The maximum atomic E-state index is 11.2. The summed E-state index contributed by atoms with van der Waals surface area (Å²) in [6, 6.07) is 7.60. The Morgan fingerprint density at radius 3 is 2.58 bits per heavy atom. The highest BCUT2D eigenvalue weighted by atomic mass is 16.6. The van der Waals surface area contributed by atoms with Crippen molar-refractivity contribution in [3.8, 4) is 11.6 Å². The average molecular weight is 331 g/mol. The molecule has 0 fully saturated rings. The van der Waals surface area contributed by atoms with Crippen LogP contribution < -0.4 is 10.1 Å². The number of hydrogen-bond donors (Lipinski definition) is 2. The molecule has 0 saturated heterocycles. The minimum absolute atomic E-state index is 0.0877. The van der Waals surface area contributed by atoms with E-state index in [4.69, 9.17) is 4.74 Å². The molecule has 1 aromatic carbocycles. The summed E-state index contributed by atoms with van der Waals surface area (Å²) in [6.07, 6.45) is 1.68. The van der Waals surface area contributed by atoms with Gasteiger partial charge in [0, 0.05) is 24.4 Å². The summed E-state index contributed by atoms with van der Waals surface area (Å²) in [5, 5.41) is 24.2. The Morgan fingerprint density at radius 1 is 1.33 bits per heavy atom. The van der Waals surface area contributed by atoms with Crippen LogP contribution in [-0.2, 0) is 0 Å². The van der Waals surface area contributed by atoms with Crippen LogP contribution in [0.25, 0.3) is 0 Å². The Bertz CT molecular complexity index is 724. The molecule has 2 rings (SSSR count). The molecular weight excluding hydrogens is 310 g/mol. The minimum Gasteiger partial charge on any atom is -0.439 e. The molecule has 0 spiro atoms. The van der Waals surface area contributed by atoms with Crippen molar-refractivity contribution in [3.05, 3.63) is 52.2 Å². The van der Waals surface area contributed by atoms with E-state index in [2.05, 4.69) is 10.3 Å². The van der Waals surface area contributed by atoms with Gasteiger partial charge in [-0.05, 0) is 39.3 Å². The fourth-order valence-electron chi connectivity index (χ4n) is 1.90. The van der Waals surface area contributed by atoms with E-state index in [0.717, 1.165) is 5.56 Å². The molecule has 128 valence electrons. The molecule has 7 nitrogen and oxygen atoms in total. The summed E-state index contributed by atoms with van der Waals surface area (Å²) in [6.45, 7) is 6.93. The van der Waals surface area contributed by atoms with Crippen LogP contribution in [0.1, 0.15) is 26.3 Å². The van der Waals surface area contributed by atoms with Gasteiger partial charge in [-0.15, -0.1) is 0 Å². The van der Waals surface area contributed by atoms with E-state index in [0.29, 0.717) is 11.6 Å². The van der Waals surface area contributed by atoms with Crippen molar-refractivity contribution in [2.45, 2.75) is 39.3 Å². The topological polar surface area (TPSA) is 97.5 Å². The molecule has 1 heterocycles. The second-order valence-electron chi connectivity index (χ2n) is 6.23. The van der Waals surface area contributed by atoms with E-state index >= 15 is 0 Å². The van der Waals surface area contributed by atoms with E-state index in [1.54, 1.807) is 33.0 Å². The Kier molecular flexibility index (Phi) is 5.04. The number of ether oxygens (including phenoxy) is 1. The number of nitrogens with one attached hydrogen (secondary N) is 1. The zero-order valence-electron chi connectivity index (χ0n) is 14.1. The Labute approximate surface area is 140 Å². The standard InChI is InChI=1S/C17H21N3O4/c1-11-5-8-16(18-10-11)24-13-6-7-15(20(22)23)14(9-13)19-12(2)17(3,4)21/h5-10,12,19,21H,1-4H3/t12-/m1/s1.